The lowest BCUT2D eigenvalue weighted by molar-refractivity contribution is 0.00471. The fourth-order valence-electron chi connectivity index (χ4n) is 2.82. The highest BCUT2D eigenvalue weighted by atomic mass is 35.5. The van der Waals surface area contributed by atoms with E-state index in [9.17, 15) is 9.50 Å². The van der Waals surface area contributed by atoms with Crippen LogP contribution >= 0.6 is 11.6 Å². The maximum atomic E-state index is 13.7. The van der Waals surface area contributed by atoms with Gasteiger partial charge in [-0.05, 0) is 23.8 Å². The van der Waals surface area contributed by atoms with E-state index in [1.807, 2.05) is 24.3 Å². The summed E-state index contributed by atoms with van der Waals surface area (Å²) in [5.41, 5.74) is 1.44. The number of rotatable bonds is 6. The van der Waals surface area contributed by atoms with E-state index >= 15 is 0 Å². The molecule has 1 saturated heterocycles. The molecule has 1 aliphatic heterocycles. The summed E-state index contributed by atoms with van der Waals surface area (Å²) in [6.07, 6.45) is -0.604. The molecule has 1 fully saturated rings. The van der Waals surface area contributed by atoms with Gasteiger partial charge < -0.3 is 14.6 Å². The molecule has 1 heterocycles. The van der Waals surface area contributed by atoms with Gasteiger partial charge in [-0.1, -0.05) is 35.9 Å². The van der Waals surface area contributed by atoms with Crippen molar-refractivity contribution in [3.05, 3.63) is 53.3 Å². The van der Waals surface area contributed by atoms with Crippen LogP contribution in [0.15, 0.2) is 42.5 Å². The van der Waals surface area contributed by atoms with Crippen molar-refractivity contribution >= 4 is 11.6 Å². The Morgan fingerprint density at radius 1 is 1.20 bits per heavy atom. The van der Waals surface area contributed by atoms with Gasteiger partial charge in [0.15, 0.2) is 0 Å². The Hall–Kier alpha value is -1.66. The van der Waals surface area contributed by atoms with Crippen LogP contribution in [0.4, 0.5) is 4.39 Å². The normalized spacial score (nSPS) is 16.6. The number of halogens is 2. The third kappa shape index (κ3) is 4.92. The summed E-state index contributed by atoms with van der Waals surface area (Å²) < 4.78 is 24.8. The van der Waals surface area contributed by atoms with Crippen molar-refractivity contribution in [1.29, 1.82) is 0 Å². The summed E-state index contributed by atoms with van der Waals surface area (Å²) >= 11 is 5.75. The van der Waals surface area contributed by atoms with E-state index in [1.54, 1.807) is 6.07 Å². The summed E-state index contributed by atoms with van der Waals surface area (Å²) in [6, 6.07) is 12.0. The number of para-hydroxylation sites is 1. The van der Waals surface area contributed by atoms with Gasteiger partial charge in [0, 0.05) is 25.2 Å². The summed E-state index contributed by atoms with van der Waals surface area (Å²) in [7, 11) is 0. The molecule has 0 amide bonds. The maximum absolute atomic E-state index is 13.7. The molecule has 25 heavy (non-hydrogen) atoms. The number of hydrogen-bond donors (Lipinski definition) is 1. The highest BCUT2D eigenvalue weighted by molar-refractivity contribution is 6.30. The molecular formula is C19H21ClFNO3. The summed E-state index contributed by atoms with van der Waals surface area (Å²) in [5.74, 6) is 0.131. The molecule has 0 saturated carbocycles. The summed E-state index contributed by atoms with van der Waals surface area (Å²) in [5, 5.41) is 10.3. The van der Waals surface area contributed by atoms with Crippen LogP contribution in [0.25, 0.3) is 11.1 Å². The van der Waals surface area contributed by atoms with Crippen LogP contribution in [0.3, 0.4) is 0 Å². The number of ether oxygens (including phenoxy) is 2. The second kappa shape index (κ2) is 8.63. The topological polar surface area (TPSA) is 41.9 Å². The van der Waals surface area contributed by atoms with E-state index in [2.05, 4.69) is 4.90 Å². The van der Waals surface area contributed by atoms with Crippen molar-refractivity contribution in [1.82, 2.24) is 4.90 Å². The van der Waals surface area contributed by atoms with Crippen molar-refractivity contribution < 1.29 is 19.0 Å². The van der Waals surface area contributed by atoms with Gasteiger partial charge in [-0.15, -0.1) is 0 Å². The van der Waals surface area contributed by atoms with Crippen LogP contribution in [-0.4, -0.2) is 55.6 Å². The molecule has 1 atom stereocenters. The van der Waals surface area contributed by atoms with Crippen LogP contribution in [0.1, 0.15) is 0 Å². The third-order valence-corrected chi connectivity index (χ3v) is 4.43. The zero-order chi connectivity index (χ0) is 17.6. The molecular weight excluding hydrogens is 345 g/mol. The second-order valence-electron chi connectivity index (χ2n) is 6.00. The number of β-amino-alcohol motifs (C(OH)–C–C–N with tert-alkyl or cyclic N) is 1. The van der Waals surface area contributed by atoms with Gasteiger partial charge in [-0.25, -0.2) is 4.39 Å². The van der Waals surface area contributed by atoms with Gasteiger partial charge in [0.1, 0.15) is 24.3 Å². The molecule has 1 aliphatic rings. The second-order valence-corrected chi connectivity index (χ2v) is 6.41. The molecule has 6 heteroatoms. The minimum Gasteiger partial charge on any atom is -0.490 e. The predicted molar refractivity (Wildman–Crippen MR) is 95.6 cm³/mol. The Morgan fingerprint density at radius 2 is 1.96 bits per heavy atom. The molecule has 0 aliphatic carbocycles. The Labute approximate surface area is 151 Å². The highest BCUT2D eigenvalue weighted by Crippen LogP contribution is 2.31. The fraction of sp³-hybridized carbons (Fsp3) is 0.368. The standard InChI is InChI=1S/C19H21ClFNO3/c20-17-6-5-14(11-18(17)21)16-3-1-2-4-19(16)25-13-15(23)12-22-7-9-24-10-8-22/h1-6,11,15,23H,7-10,12-13H2. The minimum atomic E-state index is -0.604. The average Bonchev–Trinajstić information content (AvgIpc) is 2.63. The van der Waals surface area contributed by atoms with Crippen LogP contribution < -0.4 is 4.74 Å². The molecule has 2 aromatic carbocycles. The number of morpholine rings is 1. The number of nitrogens with zero attached hydrogens (tertiary/aromatic N) is 1. The van der Waals surface area contributed by atoms with Crippen LogP contribution in [-0.2, 0) is 4.74 Å². The summed E-state index contributed by atoms with van der Waals surface area (Å²) in [4.78, 5) is 2.15. The number of aliphatic hydroxyl groups is 1. The van der Waals surface area contributed by atoms with Crippen molar-refractivity contribution in [2.45, 2.75) is 6.10 Å². The number of hydrogen-bond acceptors (Lipinski definition) is 4. The molecule has 2 aromatic rings. The average molecular weight is 366 g/mol. The zero-order valence-electron chi connectivity index (χ0n) is 13.8. The molecule has 0 aromatic heterocycles. The van der Waals surface area contributed by atoms with Gasteiger partial charge in [0.2, 0.25) is 0 Å². The largest absolute Gasteiger partial charge is 0.490 e. The molecule has 134 valence electrons. The molecule has 3 rings (SSSR count). The third-order valence-electron chi connectivity index (χ3n) is 4.12. The highest BCUT2D eigenvalue weighted by Gasteiger charge is 2.16. The zero-order valence-corrected chi connectivity index (χ0v) is 14.6. The van der Waals surface area contributed by atoms with Gasteiger partial charge >= 0.3 is 0 Å². The first-order chi connectivity index (χ1) is 12.1. The molecule has 0 bridgehead atoms. The smallest absolute Gasteiger partial charge is 0.142 e. The van der Waals surface area contributed by atoms with Gasteiger partial charge in [-0.3, -0.25) is 4.90 Å². The molecule has 0 radical (unpaired) electrons. The van der Waals surface area contributed by atoms with Gasteiger partial charge in [0.25, 0.3) is 0 Å². The molecule has 1 unspecified atom stereocenters. The van der Waals surface area contributed by atoms with E-state index in [1.165, 1.54) is 12.1 Å². The maximum Gasteiger partial charge on any atom is 0.142 e. The molecule has 0 spiro atoms. The van der Waals surface area contributed by atoms with Crippen molar-refractivity contribution in [3.8, 4) is 16.9 Å². The minimum absolute atomic E-state index is 0.0862. The van der Waals surface area contributed by atoms with Crippen LogP contribution in [0, 0.1) is 5.82 Å². The van der Waals surface area contributed by atoms with Crippen molar-refractivity contribution in [3.63, 3.8) is 0 Å². The van der Waals surface area contributed by atoms with Gasteiger partial charge in [-0.2, -0.15) is 0 Å². The molecule has 4 nitrogen and oxygen atoms in total. The predicted octanol–water partition coefficient (Wildman–Crippen LogP) is 3.22. The van der Waals surface area contributed by atoms with Crippen LogP contribution in [0.2, 0.25) is 5.02 Å². The van der Waals surface area contributed by atoms with E-state index < -0.39 is 11.9 Å². The lowest BCUT2D eigenvalue weighted by Gasteiger charge is -2.28. The first-order valence-electron chi connectivity index (χ1n) is 8.29. The van der Waals surface area contributed by atoms with Gasteiger partial charge in [0.05, 0.1) is 18.2 Å². The molecule has 1 N–H and O–H groups in total. The monoisotopic (exact) mass is 365 g/mol. The first-order valence-corrected chi connectivity index (χ1v) is 8.66. The van der Waals surface area contributed by atoms with E-state index in [0.717, 1.165) is 18.7 Å². The van der Waals surface area contributed by atoms with E-state index in [0.29, 0.717) is 31.1 Å². The lowest BCUT2D eigenvalue weighted by Crippen LogP contribution is -2.42. The summed E-state index contributed by atoms with van der Waals surface area (Å²) in [6.45, 7) is 3.73. The lowest BCUT2D eigenvalue weighted by atomic mass is 10.0. The number of aliphatic hydroxyl groups excluding tert-OH is 1. The Kier molecular flexibility index (Phi) is 6.26. The first kappa shape index (κ1) is 18.1. The van der Waals surface area contributed by atoms with Crippen LogP contribution in [0.5, 0.6) is 5.75 Å². The SMILES string of the molecule is OC(COc1ccccc1-c1ccc(Cl)c(F)c1)CN1CCOCC1. The Morgan fingerprint density at radius 3 is 2.72 bits per heavy atom. The number of benzene rings is 2. The van der Waals surface area contributed by atoms with E-state index in [-0.39, 0.29) is 11.6 Å². The van der Waals surface area contributed by atoms with E-state index in [4.69, 9.17) is 21.1 Å². The van der Waals surface area contributed by atoms with Crippen molar-refractivity contribution in [2.24, 2.45) is 0 Å². The fourth-order valence-corrected chi connectivity index (χ4v) is 2.93. The quantitative estimate of drug-likeness (QED) is 0.853. The van der Waals surface area contributed by atoms with Crippen molar-refractivity contribution in [2.75, 3.05) is 39.5 Å². The Balaban J connectivity index is 1.65. The Bertz CT molecular complexity index is 707.